The molecule has 4 fully saturated rings. The first kappa shape index (κ1) is 26.2. The number of urea groups is 1. The maximum absolute atomic E-state index is 13.6. The van der Waals surface area contributed by atoms with Crippen LogP contribution in [0.1, 0.15) is 49.1 Å². The number of benzene rings is 2. The van der Waals surface area contributed by atoms with Crippen molar-refractivity contribution in [3.05, 3.63) is 65.7 Å². The van der Waals surface area contributed by atoms with Crippen molar-refractivity contribution in [1.82, 2.24) is 19.6 Å². The van der Waals surface area contributed by atoms with Gasteiger partial charge < -0.3 is 24.3 Å². The van der Waals surface area contributed by atoms with Crippen LogP contribution >= 0.6 is 0 Å². The van der Waals surface area contributed by atoms with Crippen LogP contribution in [0.2, 0.25) is 0 Å². The van der Waals surface area contributed by atoms with Crippen molar-refractivity contribution in [2.75, 3.05) is 59.5 Å². The molecule has 0 saturated carbocycles. The summed E-state index contributed by atoms with van der Waals surface area (Å²) >= 11 is 0. The number of amides is 3. The fourth-order valence-corrected chi connectivity index (χ4v) is 7.35. The summed E-state index contributed by atoms with van der Waals surface area (Å²) in [5.74, 6) is 1.96. The summed E-state index contributed by atoms with van der Waals surface area (Å²) in [7, 11) is 1.67. The number of rotatable bonds is 6. The second-order valence-corrected chi connectivity index (χ2v) is 12.1. The van der Waals surface area contributed by atoms with Gasteiger partial charge in [-0.3, -0.25) is 4.79 Å². The third-order valence-corrected chi connectivity index (χ3v) is 9.76. The van der Waals surface area contributed by atoms with E-state index in [1.54, 1.807) is 7.11 Å². The van der Waals surface area contributed by atoms with Crippen molar-refractivity contribution in [3.63, 3.8) is 0 Å². The monoisotopic (exact) mass is 530 g/mol. The van der Waals surface area contributed by atoms with Crippen molar-refractivity contribution in [3.8, 4) is 5.75 Å². The zero-order valence-corrected chi connectivity index (χ0v) is 23.3. The number of hydrogen-bond acceptors (Lipinski definition) is 4. The molecular weight excluding hydrogens is 488 g/mol. The molecule has 4 saturated heterocycles. The average Bonchev–Trinajstić information content (AvgIpc) is 3.73. The molecule has 0 bridgehead atoms. The van der Waals surface area contributed by atoms with Gasteiger partial charge in [-0.15, -0.1) is 0 Å². The van der Waals surface area contributed by atoms with Crippen LogP contribution in [0, 0.1) is 11.3 Å². The van der Waals surface area contributed by atoms with Gasteiger partial charge in [0.2, 0.25) is 5.91 Å². The van der Waals surface area contributed by atoms with Crippen molar-refractivity contribution in [2.24, 2.45) is 11.3 Å². The minimum absolute atomic E-state index is 0.199. The Kier molecular flexibility index (Phi) is 7.52. The van der Waals surface area contributed by atoms with Crippen LogP contribution in [0.4, 0.5) is 4.79 Å². The molecule has 4 heterocycles. The summed E-state index contributed by atoms with van der Waals surface area (Å²) in [6, 6.07) is 19.0. The average molecular weight is 531 g/mol. The molecule has 1 spiro atoms. The maximum Gasteiger partial charge on any atom is 0.320 e. The lowest BCUT2D eigenvalue weighted by atomic mass is 9.76. The van der Waals surface area contributed by atoms with E-state index in [4.69, 9.17) is 4.74 Å². The molecule has 0 radical (unpaired) electrons. The van der Waals surface area contributed by atoms with E-state index < -0.39 is 0 Å². The van der Waals surface area contributed by atoms with E-state index in [1.165, 1.54) is 5.56 Å². The smallest absolute Gasteiger partial charge is 0.320 e. The van der Waals surface area contributed by atoms with Crippen molar-refractivity contribution in [1.29, 1.82) is 0 Å². The summed E-state index contributed by atoms with van der Waals surface area (Å²) in [6.07, 6.45) is 5.08. The van der Waals surface area contributed by atoms with Gasteiger partial charge in [-0.25, -0.2) is 4.79 Å². The third kappa shape index (κ3) is 5.38. The van der Waals surface area contributed by atoms with E-state index in [2.05, 4.69) is 57.2 Å². The quantitative estimate of drug-likeness (QED) is 0.554. The van der Waals surface area contributed by atoms with Gasteiger partial charge >= 0.3 is 6.03 Å². The topological polar surface area (TPSA) is 56.3 Å². The fraction of sp³-hybridized carbons (Fsp3) is 0.562. The predicted octanol–water partition coefficient (Wildman–Crippen LogP) is 4.44. The zero-order chi connectivity index (χ0) is 26.8. The first-order chi connectivity index (χ1) is 19.0. The van der Waals surface area contributed by atoms with E-state index in [9.17, 15) is 9.59 Å². The first-order valence-corrected chi connectivity index (χ1v) is 14.8. The fourth-order valence-electron chi connectivity index (χ4n) is 7.35. The number of likely N-dealkylation sites (tertiary alicyclic amines) is 4. The molecule has 0 aromatic heterocycles. The Bertz CT molecular complexity index is 1140. The first-order valence-electron chi connectivity index (χ1n) is 14.8. The number of methoxy groups -OCH3 is 1. The molecule has 2 aromatic rings. The number of piperidine rings is 1. The van der Waals surface area contributed by atoms with Crippen molar-refractivity contribution >= 4 is 11.9 Å². The van der Waals surface area contributed by atoms with Gasteiger partial charge in [0.15, 0.2) is 0 Å². The van der Waals surface area contributed by atoms with Gasteiger partial charge in [0.05, 0.1) is 12.5 Å². The number of carbonyl (C=O) groups is 2. The Balaban J connectivity index is 1.07. The second-order valence-electron chi connectivity index (χ2n) is 12.1. The highest BCUT2D eigenvalue weighted by Gasteiger charge is 2.48. The molecule has 39 heavy (non-hydrogen) atoms. The Labute approximate surface area is 232 Å². The number of ether oxygens (including phenoxy) is 1. The Hall–Kier alpha value is -3.06. The summed E-state index contributed by atoms with van der Waals surface area (Å²) in [5.41, 5.74) is 2.29. The summed E-state index contributed by atoms with van der Waals surface area (Å²) in [4.78, 5) is 35.6. The molecule has 7 nitrogen and oxygen atoms in total. The van der Waals surface area contributed by atoms with Crippen molar-refractivity contribution < 1.29 is 14.3 Å². The van der Waals surface area contributed by atoms with Crippen LogP contribution in [-0.2, 0) is 11.3 Å². The lowest BCUT2D eigenvalue weighted by Crippen LogP contribution is -2.46. The number of carbonyl (C=O) groups excluding carboxylic acids is 2. The maximum atomic E-state index is 13.6. The molecule has 7 heteroatoms. The third-order valence-electron chi connectivity index (χ3n) is 9.76. The Morgan fingerprint density at radius 1 is 0.872 bits per heavy atom. The van der Waals surface area contributed by atoms with E-state index in [1.807, 2.05) is 17.0 Å². The van der Waals surface area contributed by atoms with Crippen molar-refractivity contribution in [2.45, 2.75) is 44.6 Å². The summed E-state index contributed by atoms with van der Waals surface area (Å²) in [5, 5.41) is 0. The van der Waals surface area contributed by atoms with E-state index in [-0.39, 0.29) is 11.4 Å². The highest BCUT2D eigenvalue weighted by atomic mass is 16.5. The highest BCUT2D eigenvalue weighted by Crippen LogP contribution is 2.43. The van der Waals surface area contributed by atoms with Gasteiger partial charge in [0.1, 0.15) is 5.75 Å². The van der Waals surface area contributed by atoms with Gasteiger partial charge in [-0.2, -0.15) is 0 Å². The molecular formula is C32H42N4O3. The number of nitrogens with zero attached hydrogens (tertiary/aromatic N) is 4. The Morgan fingerprint density at radius 3 is 2.26 bits per heavy atom. The van der Waals surface area contributed by atoms with Crippen LogP contribution in [0.25, 0.3) is 0 Å². The van der Waals surface area contributed by atoms with E-state index in [0.29, 0.717) is 24.3 Å². The molecule has 0 N–H and O–H groups in total. The second kappa shape index (κ2) is 11.2. The van der Waals surface area contributed by atoms with Crippen LogP contribution < -0.4 is 4.74 Å². The van der Waals surface area contributed by atoms with Gasteiger partial charge in [-0.1, -0.05) is 42.5 Å². The summed E-state index contributed by atoms with van der Waals surface area (Å²) < 4.78 is 5.27. The lowest BCUT2D eigenvalue weighted by molar-refractivity contribution is -0.139. The molecule has 3 amide bonds. The van der Waals surface area contributed by atoms with Gasteiger partial charge in [0.25, 0.3) is 0 Å². The minimum Gasteiger partial charge on any atom is -0.497 e. The molecule has 4 aliphatic rings. The summed E-state index contributed by atoms with van der Waals surface area (Å²) in [6.45, 7) is 7.85. The predicted molar refractivity (Wildman–Crippen MR) is 152 cm³/mol. The van der Waals surface area contributed by atoms with Crippen LogP contribution in [0.15, 0.2) is 54.6 Å². The van der Waals surface area contributed by atoms with Gasteiger partial charge in [0, 0.05) is 51.7 Å². The van der Waals surface area contributed by atoms with E-state index >= 15 is 0 Å². The van der Waals surface area contributed by atoms with Crippen LogP contribution in [-0.4, -0.2) is 91.0 Å². The molecule has 208 valence electrons. The zero-order valence-electron chi connectivity index (χ0n) is 23.3. The molecule has 2 unspecified atom stereocenters. The van der Waals surface area contributed by atoms with Crippen LogP contribution in [0.5, 0.6) is 5.75 Å². The molecule has 2 atom stereocenters. The molecule has 6 rings (SSSR count). The van der Waals surface area contributed by atoms with Gasteiger partial charge in [-0.05, 0) is 74.4 Å². The number of hydrogen-bond donors (Lipinski definition) is 0. The lowest BCUT2D eigenvalue weighted by Gasteiger charge is -2.39. The largest absolute Gasteiger partial charge is 0.497 e. The SMILES string of the molecule is COc1ccc(CN2CCC3(CCN(CC4CN(C(=O)N5CCCC5)CC4c4ccccc4)CC3)C2=O)cc1. The molecule has 0 aliphatic carbocycles. The van der Waals surface area contributed by atoms with Crippen LogP contribution in [0.3, 0.4) is 0 Å². The molecule has 2 aromatic carbocycles. The Morgan fingerprint density at radius 2 is 1.56 bits per heavy atom. The van der Waals surface area contributed by atoms with E-state index in [0.717, 1.165) is 95.8 Å². The minimum atomic E-state index is -0.199. The normalized spacial score (nSPS) is 25.2. The highest BCUT2D eigenvalue weighted by molar-refractivity contribution is 5.85. The standard InChI is InChI=1S/C32H42N4O3/c1-39-28-11-9-25(10-12-28)21-35-20-15-32(30(35)37)13-18-33(19-14-32)22-27-23-36(31(38)34-16-5-6-17-34)24-29(27)26-7-3-2-4-8-26/h2-4,7-12,27,29H,5-6,13-24H2,1H3. The molecule has 4 aliphatic heterocycles.